The molecule has 1 aromatic heterocycles. The zero-order valence-corrected chi connectivity index (χ0v) is 7.92. The van der Waals surface area contributed by atoms with Crippen molar-refractivity contribution in [2.75, 3.05) is 0 Å². The van der Waals surface area contributed by atoms with Crippen molar-refractivity contribution in [2.24, 2.45) is 0 Å². The van der Waals surface area contributed by atoms with Gasteiger partial charge in [0.15, 0.2) is 5.03 Å². The molecule has 14 heavy (non-hydrogen) atoms. The third kappa shape index (κ3) is 2.46. The second kappa shape index (κ2) is 4.09. The van der Waals surface area contributed by atoms with Crippen molar-refractivity contribution < 1.29 is 9.90 Å². The summed E-state index contributed by atoms with van der Waals surface area (Å²) in [6, 6.07) is 0. The van der Waals surface area contributed by atoms with E-state index in [2.05, 4.69) is 5.10 Å². The van der Waals surface area contributed by atoms with Gasteiger partial charge in [0.1, 0.15) is 5.25 Å². The molecule has 0 aliphatic rings. The predicted octanol–water partition coefficient (Wildman–Crippen LogP) is -0.977. The molecule has 1 aromatic rings. The van der Waals surface area contributed by atoms with Crippen molar-refractivity contribution in [3.05, 3.63) is 20.8 Å². The fourth-order valence-corrected chi connectivity index (χ4v) is 1.33. The number of carboxylic acid groups (broad SMARTS) is 1. The van der Waals surface area contributed by atoms with E-state index >= 15 is 0 Å². The number of carbonyl (C=O) groups is 1. The third-order valence-corrected chi connectivity index (χ3v) is 2.37. The number of thioether (sulfide) groups is 1. The Bertz CT molecular complexity index is 451. The SMILES string of the molecule is C[C@@H](Sc1n[nH]c(=O)[nH]c1=O)C(=O)O. The summed E-state index contributed by atoms with van der Waals surface area (Å²) in [6.45, 7) is 1.42. The lowest BCUT2D eigenvalue weighted by Gasteiger charge is -2.02. The van der Waals surface area contributed by atoms with E-state index in [1.807, 2.05) is 10.1 Å². The number of rotatable bonds is 3. The summed E-state index contributed by atoms with van der Waals surface area (Å²) in [5.41, 5.74) is -1.41. The summed E-state index contributed by atoms with van der Waals surface area (Å²) in [5.74, 6) is -1.05. The normalized spacial score (nSPS) is 12.4. The zero-order chi connectivity index (χ0) is 10.7. The van der Waals surface area contributed by atoms with Crippen molar-refractivity contribution in [3.8, 4) is 0 Å². The molecule has 0 radical (unpaired) electrons. The van der Waals surface area contributed by atoms with E-state index in [1.165, 1.54) is 6.92 Å². The molecule has 76 valence electrons. The van der Waals surface area contributed by atoms with Crippen molar-refractivity contribution in [3.63, 3.8) is 0 Å². The van der Waals surface area contributed by atoms with Gasteiger partial charge in [0.05, 0.1) is 0 Å². The molecular formula is C6H7N3O4S. The zero-order valence-electron chi connectivity index (χ0n) is 7.10. The maximum atomic E-state index is 11.0. The first-order chi connectivity index (χ1) is 6.50. The lowest BCUT2D eigenvalue weighted by molar-refractivity contribution is -0.136. The molecule has 0 saturated heterocycles. The smallest absolute Gasteiger partial charge is 0.342 e. The summed E-state index contributed by atoms with van der Waals surface area (Å²) in [5, 5.41) is 13.1. The van der Waals surface area contributed by atoms with Gasteiger partial charge in [-0.2, -0.15) is 5.10 Å². The molecule has 7 nitrogen and oxygen atoms in total. The third-order valence-electron chi connectivity index (χ3n) is 1.32. The van der Waals surface area contributed by atoms with Crippen LogP contribution in [0.5, 0.6) is 0 Å². The highest BCUT2D eigenvalue weighted by atomic mass is 32.2. The Morgan fingerprint density at radius 1 is 1.57 bits per heavy atom. The molecule has 1 heterocycles. The highest BCUT2D eigenvalue weighted by Crippen LogP contribution is 2.15. The van der Waals surface area contributed by atoms with Gasteiger partial charge in [0.25, 0.3) is 5.56 Å². The van der Waals surface area contributed by atoms with Crippen molar-refractivity contribution in [1.82, 2.24) is 15.2 Å². The van der Waals surface area contributed by atoms with Crippen LogP contribution in [-0.4, -0.2) is 31.5 Å². The maximum absolute atomic E-state index is 11.0. The molecule has 0 saturated carbocycles. The molecule has 3 N–H and O–H groups in total. The predicted molar refractivity (Wildman–Crippen MR) is 48.4 cm³/mol. The molecule has 1 rings (SSSR count). The van der Waals surface area contributed by atoms with Gasteiger partial charge in [-0.3, -0.25) is 14.6 Å². The standard InChI is InChI=1S/C6H7N3O4S/c1-2(5(11)12)14-4-3(10)7-6(13)9-8-4/h2H,1H3,(H,11,12)(H2,7,9,10,13)/t2-/m1/s1. The first-order valence-electron chi connectivity index (χ1n) is 3.59. The second-order valence-electron chi connectivity index (χ2n) is 2.41. The first-order valence-corrected chi connectivity index (χ1v) is 4.47. The van der Waals surface area contributed by atoms with Crippen LogP contribution in [0.2, 0.25) is 0 Å². The highest BCUT2D eigenvalue weighted by Gasteiger charge is 2.15. The van der Waals surface area contributed by atoms with Gasteiger partial charge in [-0.1, -0.05) is 11.8 Å². The maximum Gasteiger partial charge on any atom is 0.342 e. The van der Waals surface area contributed by atoms with E-state index in [0.29, 0.717) is 0 Å². The Morgan fingerprint density at radius 3 is 2.71 bits per heavy atom. The van der Waals surface area contributed by atoms with Gasteiger partial charge in [0, 0.05) is 0 Å². The number of hydrogen-bond acceptors (Lipinski definition) is 5. The molecule has 0 fully saturated rings. The highest BCUT2D eigenvalue weighted by molar-refractivity contribution is 8.00. The Balaban J connectivity index is 2.93. The van der Waals surface area contributed by atoms with Crippen LogP contribution in [0.4, 0.5) is 0 Å². The van der Waals surface area contributed by atoms with Crippen LogP contribution in [0.25, 0.3) is 0 Å². The van der Waals surface area contributed by atoms with E-state index in [9.17, 15) is 14.4 Å². The molecule has 0 unspecified atom stereocenters. The van der Waals surface area contributed by atoms with Crippen molar-refractivity contribution in [2.45, 2.75) is 17.2 Å². The Hall–Kier alpha value is -1.57. The second-order valence-corrected chi connectivity index (χ2v) is 3.74. The molecule has 0 bridgehead atoms. The van der Waals surface area contributed by atoms with Gasteiger partial charge in [-0.05, 0) is 6.92 Å². The van der Waals surface area contributed by atoms with E-state index < -0.39 is 22.5 Å². The summed E-state index contributed by atoms with van der Waals surface area (Å²) < 4.78 is 0. The average molecular weight is 217 g/mol. The monoisotopic (exact) mass is 217 g/mol. The van der Waals surface area contributed by atoms with Crippen LogP contribution in [0.15, 0.2) is 14.6 Å². The molecule has 0 amide bonds. The Morgan fingerprint density at radius 2 is 2.21 bits per heavy atom. The van der Waals surface area contributed by atoms with Gasteiger partial charge in [0.2, 0.25) is 0 Å². The fourth-order valence-electron chi connectivity index (χ4n) is 0.635. The lowest BCUT2D eigenvalue weighted by atomic mass is 10.5. The molecule has 0 spiro atoms. The van der Waals surface area contributed by atoms with Crippen LogP contribution in [-0.2, 0) is 4.79 Å². The molecular weight excluding hydrogens is 210 g/mol. The summed E-state index contributed by atoms with van der Waals surface area (Å²) in [7, 11) is 0. The Labute approximate surface area is 81.6 Å². The summed E-state index contributed by atoms with van der Waals surface area (Å²) >= 11 is 0.762. The van der Waals surface area contributed by atoms with Crippen LogP contribution in [0.1, 0.15) is 6.92 Å². The average Bonchev–Trinajstić information content (AvgIpc) is 2.09. The quantitative estimate of drug-likeness (QED) is 0.560. The van der Waals surface area contributed by atoms with Gasteiger partial charge in [-0.25, -0.2) is 9.89 Å². The number of aromatic amines is 2. The molecule has 0 aromatic carbocycles. The number of H-pyrrole nitrogens is 2. The van der Waals surface area contributed by atoms with Crippen LogP contribution in [0, 0.1) is 0 Å². The Kier molecular flexibility index (Phi) is 3.07. The molecule has 1 atom stereocenters. The fraction of sp³-hybridized carbons (Fsp3) is 0.333. The van der Waals surface area contributed by atoms with Crippen molar-refractivity contribution >= 4 is 17.7 Å². The number of nitrogens with one attached hydrogen (secondary N) is 2. The number of hydrogen-bond donors (Lipinski definition) is 3. The van der Waals surface area contributed by atoms with E-state index in [-0.39, 0.29) is 5.03 Å². The topological polar surface area (TPSA) is 116 Å². The minimum atomic E-state index is -1.05. The number of aliphatic carboxylic acids is 1. The number of carboxylic acids is 1. The minimum absolute atomic E-state index is 0.0699. The first kappa shape index (κ1) is 10.5. The van der Waals surface area contributed by atoms with Crippen LogP contribution >= 0.6 is 11.8 Å². The largest absolute Gasteiger partial charge is 0.480 e. The van der Waals surface area contributed by atoms with E-state index in [0.717, 1.165) is 11.8 Å². The molecule has 0 aliphatic heterocycles. The van der Waals surface area contributed by atoms with Gasteiger partial charge in [-0.15, -0.1) is 0 Å². The van der Waals surface area contributed by atoms with E-state index in [4.69, 9.17) is 5.11 Å². The molecule has 8 heteroatoms. The minimum Gasteiger partial charge on any atom is -0.480 e. The number of nitrogens with zero attached hydrogens (tertiary/aromatic N) is 1. The van der Waals surface area contributed by atoms with Gasteiger partial charge < -0.3 is 5.11 Å². The van der Waals surface area contributed by atoms with E-state index in [1.54, 1.807) is 0 Å². The summed E-state index contributed by atoms with van der Waals surface area (Å²) in [6.07, 6.45) is 0. The van der Waals surface area contributed by atoms with Crippen molar-refractivity contribution in [1.29, 1.82) is 0 Å². The molecule has 0 aliphatic carbocycles. The summed E-state index contributed by atoms with van der Waals surface area (Å²) in [4.78, 5) is 34.0. The van der Waals surface area contributed by atoms with Crippen LogP contribution in [0.3, 0.4) is 0 Å². The lowest BCUT2D eigenvalue weighted by Crippen LogP contribution is -2.26. The number of aromatic nitrogens is 3. The van der Waals surface area contributed by atoms with Crippen LogP contribution < -0.4 is 11.2 Å². The van der Waals surface area contributed by atoms with Gasteiger partial charge >= 0.3 is 11.7 Å².